The molecule has 2 heteroatoms. The molecule has 0 bridgehead atoms. The number of para-hydroxylation sites is 2. The molecule has 43 heavy (non-hydrogen) atoms. The first-order chi connectivity index (χ1) is 21.2. The lowest BCUT2D eigenvalue weighted by Gasteiger charge is -2.20. The van der Waals surface area contributed by atoms with Crippen molar-refractivity contribution in [3.63, 3.8) is 0 Å². The van der Waals surface area contributed by atoms with Gasteiger partial charge >= 0.3 is 0 Å². The van der Waals surface area contributed by atoms with Crippen molar-refractivity contribution in [3.8, 4) is 5.69 Å². The summed E-state index contributed by atoms with van der Waals surface area (Å²) < 4.78 is 2.39. The molecule has 0 radical (unpaired) electrons. The summed E-state index contributed by atoms with van der Waals surface area (Å²) in [7, 11) is 0. The van der Waals surface area contributed by atoms with Gasteiger partial charge in [-0.3, -0.25) is 0 Å². The van der Waals surface area contributed by atoms with Crippen LogP contribution in [0.3, 0.4) is 0 Å². The minimum absolute atomic E-state index is 0.168. The Labute approximate surface area is 253 Å². The summed E-state index contributed by atoms with van der Waals surface area (Å²) in [6.07, 6.45) is 2.27. The summed E-state index contributed by atoms with van der Waals surface area (Å²) in [4.78, 5) is 0. The number of benzene rings is 6. The van der Waals surface area contributed by atoms with Gasteiger partial charge in [-0.05, 0) is 60.9 Å². The predicted octanol–water partition coefficient (Wildman–Crippen LogP) is 11.1. The van der Waals surface area contributed by atoms with E-state index in [4.69, 9.17) is 0 Å². The van der Waals surface area contributed by atoms with Crippen molar-refractivity contribution in [3.05, 3.63) is 179 Å². The fourth-order valence-corrected chi connectivity index (χ4v) is 6.25. The van der Waals surface area contributed by atoms with Crippen LogP contribution in [0, 0.1) is 0 Å². The molecule has 0 aliphatic rings. The summed E-state index contributed by atoms with van der Waals surface area (Å²) in [6.45, 7) is 4.31. The van der Waals surface area contributed by atoms with Gasteiger partial charge in [0.15, 0.2) is 0 Å². The van der Waals surface area contributed by atoms with Gasteiger partial charge in [0.05, 0.1) is 16.7 Å². The molecular formula is C41H34N2. The quantitative estimate of drug-likeness (QED) is 0.194. The van der Waals surface area contributed by atoms with E-state index in [0.717, 1.165) is 17.1 Å². The van der Waals surface area contributed by atoms with E-state index in [1.807, 2.05) is 0 Å². The lowest BCUT2D eigenvalue weighted by atomic mass is 9.85. The zero-order chi connectivity index (χ0) is 29.2. The molecule has 0 spiro atoms. The van der Waals surface area contributed by atoms with Crippen molar-refractivity contribution < 1.29 is 0 Å². The molecule has 0 aliphatic heterocycles. The number of allylic oxidation sites excluding steroid dienone is 1. The first-order valence-corrected chi connectivity index (χ1v) is 14.9. The van der Waals surface area contributed by atoms with E-state index < -0.39 is 0 Å². The van der Waals surface area contributed by atoms with E-state index >= 15 is 0 Å². The Morgan fingerprint density at radius 1 is 0.558 bits per heavy atom. The standard InChI is InChI=1S/C41H34N2/c1-29(2)28-33-24-27-37-36-20-12-13-21-38(36)43(35-18-10-5-11-19-35)41(37)40(33)42-34-25-22-32(23-26-34)39(30-14-6-3-7-15-30)31-16-8-4-9-17-31/h3-28,39,42H,1-2H3. The van der Waals surface area contributed by atoms with Crippen LogP contribution in [0.1, 0.15) is 42.0 Å². The van der Waals surface area contributed by atoms with Crippen molar-refractivity contribution in [2.45, 2.75) is 19.8 Å². The molecule has 1 heterocycles. The highest BCUT2D eigenvalue weighted by atomic mass is 15.0. The number of fused-ring (bicyclic) bond motifs is 3. The van der Waals surface area contributed by atoms with E-state index in [9.17, 15) is 0 Å². The van der Waals surface area contributed by atoms with E-state index in [-0.39, 0.29) is 5.92 Å². The third-order valence-corrected chi connectivity index (χ3v) is 8.11. The SMILES string of the molecule is CC(C)=Cc1ccc2c3ccccc3n(-c3ccccc3)c2c1Nc1ccc(C(c2ccccc2)c2ccccc2)cc1. The first kappa shape index (κ1) is 26.6. The van der Waals surface area contributed by atoms with Crippen molar-refractivity contribution in [2.75, 3.05) is 5.32 Å². The average molecular weight is 555 g/mol. The smallest absolute Gasteiger partial charge is 0.0782 e. The highest BCUT2D eigenvalue weighted by Crippen LogP contribution is 2.40. The Balaban J connectivity index is 1.38. The molecule has 7 aromatic rings. The number of nitrogens with one attached hydrogen (secondary N) is 1. The molecule has 0 aliphatic carbocycles. The lowest BCUT2D eigenvalue weighted by Crippen LogP contribution is -2.04. The fourth-order valence-electron chi connectivity index (χ4n) is 6.25. The van der Waals surface area contributed by atoms with Gasteiger partial charge in [0.25, 0.3) is 0 Å². The van der Waals surface area contributed by atoms with Gasteiger partial charge in [0.1, 0.15) is 0 Å². The largest absolute Gasteiger partial charge is 0.353 e. The van der Waals surface area contributed by atoms with Crippen molar-refractivity contribution in [2.24, 2.45) is 0 Å². The minimum atomic E-state index is 0.168. The number of hydrogen-bond donors (Lipinski definition) is 1. The van der Waals surface area contributed by atoms with E-state index in [2.05, 4.69) is 181 Å². The Morgan fingerprint density at radius 2 is 1.12 bits per heavy atom. The van der Waals surface area contributed by atoms with Gasteiger partial charge in [-0.2, -0.15) is 0 Å². The second-order valence-electron chi connectivity index (χ2n) is 11.3. The predicted molar refractivity (Wildman–Crippen MR) is 184 cm³/mol. The molecule has 2 nitrogen and oxygen atoms in total. The fraction of sp³-hybridized carbons (Fsp3) is 0.0732. The normalized spacial score (nSPS) is 11.2. The zero-order valence-electron chi connectivity index (χ0n) is 24.5. The number of rotatable bonds is 7. The highest BCUT2D eigenvalue weighted by Gasteiger charge is 2.19. The van der Waals surface area contributed by atoms with Gasteiger partial charge < -0.3 is 9.88 Å². The summed E-state index contributed by atoms with van der Waals surface area (Å²) in [5.74, 6) is 0.168. The number of anilines is 2. The van der Waals surface area contributed by atoms with E-state index in [1.165, 1.54) is 49.6 Å². The number of hydrogen-bond acceptors (Lipinski definition) is 1. The molecule has 0 fully saturated rings. The molecule has 0 amide bonds. The maximum Gasteiger partial charge on any atom is 0.0782 e. The topological polar surface area (TPSA) is 17.0 Å². The van der Waals surface area contributed by atoms with Crippen LogP contribution < -0.4 is 5.32 Å². The summed E-state index contributed by atoms with van der Waals surface area (Å²) in [5, 5.41) is 6.35. The Morgan fingerprint density at radius 3 is 1.74 bits per heavy atom. The number of nitrogens with zero attached hydrogens (tertiary/aromatic N) is 1. The van der Waals surface area contributed by atoms with Gasteiger partial charge in [-0.1, -0.05) is 133 Å². The van der Waals surface area contributed by atoms with Gasteiger partial charge in [0, 0.05) is 33.6 Å². The average Bonchev–Trinajstić information content (AvgIpc) is 3.39. The third kappa shape index (κ3) is 5.13. The molecule has 0 saturated carbocycles. The van der Waals surface area contributed by atoms with Gasteiger partial charge in [0.2, 0.25) is 0 Å². The molecule has 0 unspecified atom stereocenters. The van der Waals surface area contributed by atoms with Crippen LogP contribution in [0.2, 0.25) is 0 Å². The van der Waals surface area contributed by atoms with E-state index in [1.54, 1.807) is 0 Å². The van der Waals surface area contributed by atoms with Crippen LogP contribution in [0.4, 0.5) is 11.4 Å². The second kappa shape index (κ2) is 11.5. The monoisotopic (exact) mass is 554 g/mol. The van der Waals surface area contributed by atoms with Gasteiger partial charge in [-0.25, -0.2) is 0 Å². The molecule has 0 atom stereocenters. The maximum absolute atomic E-state index is 3.87. The van der Waals surface area contributed by atoms with Crippen LogP contribution in [0.25, 0.3) is 33.6 Å². The molecule has 1 N–H and O–H groups in total. The van der Waals surface area contributed by atoms with Crippen LogP contribution in [-0.4, -0.2) is 4.57 Å². The van der Waals surface area contributed by atoms with Crippen LogP contribution >= 0.6 is 0 Å². The highest BCUT2D eigenvalue weighted by molar-refractivity contribution is 6.14. The molecule has 7 rings (SSSR count). The first-order valence-electron chi connectivity index (χ1n) is 14.9. The summed E-state index contributed by atoms with van der Waals surface area (Å²) in [6, 6.07) is 54.4. The van der Waals surface area contributed by atoms with E-state index in [0.29, 0.717) is 0 Å². The maximum atomic E-state index is 3.87. The second-order valence-corrected chi connectivity index (χ2v) is 11.3. The molecule has 208 valence electrons. The van der Waals surface area contributed by atoms with Crippen molar-refractivity contribution >= 4 is 39.3 Å². The van der Waals surface area contributed by atoms with Crippen molar-refractivity contribution in [1.82, 2.24) is 4.57 Å². The zero-order valence-corrected chi connectivity index (χ0v) is 24.5. The van der Waals surface area contributed by atoms with Crippen molar-refractivity contribution in [1.29, 1.82) is 0 Å². The third-order valence-electron chi connectivity index (χ3n) is 8.11. The summed E-state index contributed by atoms with van der Waals surface area (Å²) in [5.41, 5.74) is 12.0. The molecule has 1 aromatic heterocycles. The van der Waals surface area contributed by atoms with Crippen LogP contribution in [0.15, 0.2) is 157 Å². The molecule has 0 saturated heterocycles. The summed E-state index contributed by atoms with van der Waals surface area (Å²) >= 11 is 0. The Kier molecular flexibility index (Phi) is 7.10. The number of aromatic nitrogens is 1. The van der Waals surface area contributed by atoms with Gasteiger partial charge in [-0.15, -0.1) is 0 Å². The minimum Gasteiger partial charge on any atom is -0.353 e. The molecule has 6 aromatic carbocycles. The van der Waals surface area contributed by atoms with Crippen LogP contribution in [0.5, 0.6) is 0 Å². The molecular weight excluding hydrogens is 520 g/mol. The Bertz CT molecular complexity index is 1990. The van der Waals surface area contributed by atoms with Crippen LogP contribution in [-0.2, 0) is 0 Å². The Hall–Kier alpha value is -5.34. The lowest BCUT2D eigenvalue weighted by molar-refractivity contribution is 0.978.